The van der Waals surface area contributed by atoms with Crippen LogP contribution in [0.1, 0.15) is 23.0 Å². The number of aromatic nitrogens is 2. The van der Waals surface area contributed by atoms with E-state index in [0.717, 1.165) is 4.47 Å². The summed E-state index contributed by atoms with van der Waals surface area (Å²) < 4.78 is 3.62. The van der Waals surface area contributed by atoms with Crippen molar-refractivity contribution in [2.45, 2.75) is 26.1 Å². The molecule has 4 rings (SSSR count). The van der Waals surface area contributed by atoms with Gasteiger partial charge in [-0.15, -0.1) is 0 Å². The van der Waals surface area contributed by atoms with Gasteiger partial charge in [0, 0.05) is 39.7 Å². The number of carbonyl (C=O) groups excluding carboxylic acids is 1. The van der Waals surface area contributed by atoms with Gasteiger partial charge in [0.25, 0.3) is 0 Å². The molecule has 0 saturated heterocycles. The van der Waals surface area contributed by atoms with E-state index >= 15 is 0 Å². The van der Waals surface area contributed by atoms with Crippen LogP contribution in [-0.4, -0.2) is 37.5 Å². The molecule has 3 aromatic rings. The number of fused-ring (bicyclic) bond motifs is 1. The van der Waals surface area contributed by atoms with Gasteiger partial charge >= 0.3 is 5.69 Å². The summed E-state index contributed by atoms with van der Waals surface area (Å²) in [6, 6.07) is 11.5. The third kappa shape index (κ3) is 3.83. The highest BCUT2D eigenvalue weighted by molar-refractivity contribution is 9.10. The minimum Gasteiger partial charge on any atom is -0.493 e. The third-order valence-electron chi connectivity index (χ3n) is 5.34. The van der Waals surface area contributed by atoms with E-state index in [1.165, 1.54) is 9.13 Å². The van der Waals surface area contributed by atoms with E-state index < -0.39 is 6.04 Å². The summed E-state index contributed by atoms with van der Waals surface area (Å²) in [5.41, 5.74) is 1.09. The topological polar surface area (TPSA) is 67.5 Å². The summed E-state index contributed by atoms with van der Waals surface area (Å²) in [7, 11) is 0. The van der Waals surface area contributed by atoms with Crippen molar-refractivity contribution >= 4 is 44.9 Å². The molecule has 2 heterocycles. The minimum atomic E-state index is -0.404. The fourth-order valence-electron chi connectivity index (χ4n) is 3.72. The zero-order valence-corrected chi connectivity index (χ0v) is 19.1. The molecule has 0 aliphatic carbocycles. The molecule has 0 amide bonds. The summed E-state index contributed by atoms with van der Waals surface area (Å²) in [5.74, 6) is -0.190. The van der Waals surface area contributed by atoms with Crippen LogP contribution in [0.4, 0.5) is 0 Å². The molecule has 0 bridgehead atoms. The summed E-state index contributed by atoms with van der Waals surface area (Å²) >= 11 is 15.5. The SMILES string of the molecule is CC(C(=O)c1ccc(Br)cc1)N1CCn2c(c(O)n(-c3cc(Cl)cc(Cl)c3)c2=O)C1. The lowest BCUT2D eigenvalue weighted by molar-refractivity contribution is 0.0793. The molecule has 2 aromatic carbocycles. The Hall–Kier alpha value is -2.06. The molecule has 9 heteroatoms. The molecule has 0 spiro atoms. The molecule has 1 unspecified atom stereocenters. The van der Waals surface area contributed by atoms with E-state index in [0.29, 0.717) is 40.1 Å². The lowest BCUT2D eigenvalue weighted by Crippen LogP contribution is -2.45. The number of hydrogen-bond donors (Lipinski definition) is 1. The van der Waals surface area contributed by atoms with Crippen LogP contribution in [0.15, 0.2) is 51.7 Å². The first-order valence-corrected chi connectivity index (χ1v) is 10.8. The number of rotatable bonds is 4. The predicted octanol–water partition coefficient (Wildman–Crippen LogP) is 4.50. The first-order chi connectivity index (χ1) is 14.3. The third-order valence-corrected chi connectivity index (χ3v) is 6.31. The van der Waals surface area contributed by atoms with E-state index in [1.807, 2.05) is 24.0 Å². The number of nitrogens with zero attached hydrogens (tertiary/aromatic N) is 3. The predicted molar refractivity (Wildman–Crippen MR) is 120 cm³/mol. The van der Waals surface area contributed by atoms with E-state index in [9.17, 15) is 14.7 Å². The van der Waals surface area contributed by atoms with Gasteiger partial charge in [0.2, 0.25) is 5.88 Å². The van der Waals surface area contributed by atoms with Crippen LogP contribution < -0.4 is 5.69 Å². The van der Waals surface area contributed by atoms with E-state index in [-0.39, 0.29) is 23.9 Å². The molecule has 0 fully saturated rings. The quantitative estimate of drug-likeness (QED) is 0.525. The Balaban J connectivity index is 1.65. The van der Waals surface area contributed by atoms with Crippen molar-refractivity contribution in [3.63, 3.8) is 0 Å². The molecule has 156 valence electrons. The number of carbonyl (C=O) groups is 1. The average Bonchev–Trinajstić information content (AvgIpc) is 2.96. The highest BCUT2D eigenvalue weighted by atomic mass is 79.9. The van der Waals surface area contributed by atoms with Crippen molar-refractivity contribution in [2.75, 3.05) is 6.54 Å². The summed E-state index contributed by atoms with van der Waals surface area (Å²) in [6.45, 7) is 2.98. The summed E-state index contributed by atoms with van der Waals surface area (Å²) in [5, 5.41) is 11.5. The molecule has 30 heavy (non-hydrogen) atoms. The van der Waals surface area contributed by atoms with Gasteiger partial charge in [0.05, 0.1) is 17.4 Å². The number of hydrogen-bond acceptors (Lipinski definition) is 4. The molecular weight excluding hydrogens is 493 g/mol. The van der Waals surface area contributed by atoms with E-state index in [2.05, 4.69) is 15.9 Å². The van der Waals surface area contributed by atoms with Crippen molar-refractivity contribution in [3.05, 3.63) is 78.7 Å². The summed E-state index contributed by atoms with van der Waals surface area (Å²) in [4.78, 5) is 27.8. The van der Waals surface area contributed by atoms with Crippen LogP contribution in [0.3, 0.4) is 0 Å². The maximum Gasteiger partial charge on any atom is 0.336 e. The van der Waals surface area contributed by atoms with Crippen molar-refractivity contribution in [1.29, 1.82) is 0 Å². The molecule has 1 aromatic heterocycles. The van der Waals surface area contributed by atoms with Gasteiger partial charge in [0.1, 0.15) is 0 Å². The number of imidazole rings is 1. The Morgan fingerprint density at radius 1 is 1.10 bits per heavy atom. The largest absolute Gasteiger partial charge is 0.493 e. The van der Waals surface area contributed by atoms with E-state index in [1.54, 1.807) is 30.3 Å². The molecule has 6 nitrogen and oxygen atoms in total. The average molecular weight is 511 g/mol. The zero-order valence-electron chi connectivity index (χ0n) is 16.0. The number of Topliss-reactive ketones (excluding diaryl/α,β-unsaturated/α-hetero) is 1. The molecule has 0 saturated carbocycles. The Kier molecular flexibility index (Phi) is 5.81. The van der Waals surface area contributed by atoms with Gasteiger partial charge in [-0.1, -0.05) is 51.3 Å². The normalized spacial score (nSPS) is 15.1. The Morgan fingerprint density at radius 3 is 2.37 bits per heavy atom. The van der Waals surface area contributed by atoms with Gasteiger partial charge < -0.3 is 5.11 Å². The maximum atomic E-state index is 12.9. The lowest BCUT2D eigenvalue weighted by Gasteiger charge is -2.32. The summed E-state index contributed by atoms with van der Waals surface area (Å²) in [6.07, 6.45) is 0. The first kappa shape index (κ1) is 21.2. The number of aromatic hydroxyl groups is 1. The zero-order chi connectivity index (χ0) is 21.6. The molecule has 1 atom stereocenters. The van der Waals surface area contributed by atoms with Gasteiger partial charge in [-0.3, -0.25) is 14.3 Å². The van der Waals surface area contributed by atoms with Crippen LogP contribution in [-0.2, 0) is 13.1 Å². The number of halogens is 3. The second-order valence-corrected chi connectivity index (χ2v) is 8.97. The van der Waals surface area contributed by atoms with Gasteiger partial charge in [0.15, 0.2) is 5.78 Å². The smallest absolute Gasteiger partial charge is 0.336 e. The highest BCUT2D eigenvalue weighted by Crippen LogP contribution is 2.29. The molecule has 1 N–H and O–H groups in total. The van der Waals surface area contributed by atoms with Gasteiger partial charge in [-0.2, -0.15) is 0 Å². The fourth-order valence-corrected chi connectivity index (χ4v) is 4.49. The fraction of sp³-hybridized carbons (Fsp3) is 0.238. The van der Waals surface area contributed by atoms with Gasteiger partial charge in [-0.25, -0.2) is 9.36 Å². The Morgan fingerprint density at radius 2 is 1.73 bits per heavy atom. The van der Waals surface area contributed by atoms with Crippen LogP contribution >= 0.6 is 39.1 Å². The Labute approximate surface area is 191 Å². The first-order valence-electron chi connectivity index (χ1n) is 9.30. The molecule has 1 aliphatic rings. The Bertz CT molecular complexity index is 1170. The lowest BCUT2D eigenvalue weighted by atomic mass is 10.0. The van der Waals surface area contributed by atoms with Gasteiger partial charge in [-0.05, 0) is 37.3 Å². The van der Waals surface area contributed by atoms with Crippen LogP contribution in [0.25, 0.3) is 5.69 Å². The molecule has 1 aliphatic heterocycles. The van der Waals surface area contributed by atoms with Crippen LogP contribution in [0.5, 0.6) is 5.88 Å². The second kappa shape index (κ2) is 8.23. The molecular formula is C21H18BrCl2N3O3. The monoisotopic (exact) mass is 509 g/mol. The van der Waals surface area contributed by atoms with Crippen molar-refractivity contribution in [1.82, 2.24) is 14.0 Å². The number of benzene rings is 2. The second-order valence-electron chi connectivity index (χ2n) is 7.19. The number of ketones is 1. The highest BCUT2D eigenvalue weighted by Gasteiger charge is 2.31. The van der Waals surface area contributed by atoms with Crippen molar-refractivity contribution in [3.8, 4) is 11.6 Å². The van der Waals surface area contributed by atoms with Crippen molar-refractivity contribution in [2.24, 2.45) is 0 Å². The molecule has 0 radical (unpaired) electrons. The maximum absolute atomic E-state index is 12.9. The standard InChI is InChI=1S/C21H18BrCl2N3O3/c1-12(19(28)13-2-4-14(22)5-3-13)25-6-7-26-18(11-25)20(29)27(21(26)30)17-9-15(23)8-16(24)10-17/h2-5,8-10,12,29H,6-7,11H2,1H3. The van der Waals surface area contributed by atoms with Crippen LogP contribution in [0, 0.1) is 0 Å². The van der Waals surface area contributed by atoms with Crippen molar-refractivity contribution < 1.29 is 9.90 Å². The van der Waals surface area contributed by atoms with Crippen LogP contribution in [0.2, 0.25) is 10.0 Å². The minimum absolute atomic E-state index is 0.0150. The van der Waals surface area contributed by atoms with E-state index in [4.69, 9.17) is 23.2 Å².